The number of halogens is 2. The van der Waals surface area contributed by atoms with Gasteiger partial charge in [0.25, 0.3) is 0 Å². The van der Waals surface area contributed by atoms with Gasteiger partial charge < -0.3 is 9.80 Å². The Kier molecular flexibility index (Phi) is 4.00. The minimum atomic E-state index is -1.50. The molecule has 1 aliphatic heterocycles. The van der Waals surface area contributed by atoms with E-state index in [0.29, 0.717) is 36.8 Å². The van der Waals surface area contributed by atoms with E-state index in [1.54, 1.807) is 4.90 Å². The Morgan fingerprint density at radius 3 is 2.54 bits per heavy atom. The summed E-state index contributed by atoms with van der Waals surface area (Å²) in [6.07, 6.45) is 0.137. The quantitative estimate of drug-likeness (QED) is 0.802. The third-order valence-corrected chi connectivity index (χ3v) is 5.36. The number of hydrogen-bond donors (Lipinski definition) is 0. The Hall–Kier alpha value is -2.07. The van der Waals surface area contributed by atoms with E-state index in [2.05, 4.69) is 4.90 Å². The lowest BCUT2D eigenvalue weighted by Crippen LogP contribution is -2.49. The topological polar surface area (TPSA) is 23.6 Å². The molecule has 1 aliphatic carbocycles. The van der Waals surface area contributed by atoms with Crippen LogP contribution < -0.4 is 4.90 Å². The SMILES string of the molecule is [2H][C@@]1(C(=O)N2CCN(c3cc(Cl)ccc3C)CC2)C[C@]1([2H])c1ccc(F)cc1. The van der Waals surface area contributed by atoms with Gasteiger partial charge in [-0.1, -0.05) is 29.8 Å². The van der Waals surface area contributed by atoms with Crippen molar-refractivity contribution < 1.29 is 11.9 Å². The van der Waals surface area contributed by atoms with Crippen molar-refractivity contribution in [3.05, 3.63) is 64.4 Å². The average molecular weight is 375 g/mol. The van der Waals surface area contributed by atoms with Crippen LogP contribution in [0.15, 0.2) is 42.5 Å². The van der Waals surface area contributed by atoms with E-state index in [1.807, 2.05) is 25.1 Å². The third-order valence-electron chi connectivity index (χ3n) is 5.12. The maximum Gasteiger partial charge on any atom is 0.226 e. The number of hydrogen-bond acceptors (Lipinski definition) is 2. The van der Waals surface area contributed by atoms with Crippen LogP contribution in [0, 0.1) is 18.6 Å². The summed E-state index contributed by atoms with van der Waals surface area (Å²) in [5.74, 6) is -3.51. The van der Waals surface area contributed by atoms with Crippen molar-refractivity contribution in [2.75, 3.05) is 31.1 Å². The summed E-state index contributed by atoms with van der Waals surface area (Å²) in [5.41, 5.74) is 2.71. The molecule has 26 heavy (non-hydrogen) atoms. The predicted octanol–water partition coefficient (Wildman–Crippen LogP) is 4.24. The molecule has 4 rings (SSSR count). The number of carbonyl (C=O) groups is 1. The molecule has 0 radical (unpaired) electrons. The Labute approximate surface area is 161 Å². The van der Waals surface area contributed by atoms with E-state index >= 15 is 0 Å². The zero-order valence-electron chi connectivity index (χ0n) is 16.6. The first kappa shape index (κ1) is 15.0. The average Bonchev–Trinajstić information content (AvgIpc) is 3.27. The second-order valence-corrected chi connectivity index (χ2v) is 7.29. The van der Waals surface area contributed by atoms with Crippen LogP contribution in [0.4, 0.5) is 10.1 Å². The molecule has 0 N–H and O–H groups in total. The first-order chi connectivity index (χ1) is 13.2. The number of rotatable bonds is 3. The van der Waals surface area contributed by atoms with Crippen LogP contribution in [0.3, 0.4) is 0 Å². The van der Waals surface area contributed by atoms with Crippen LogP contribution in [-0.2, 0) is 4.79 Å². The molecule has 1 saturated heterocycles. The molecule has 0 bridgehead atoms. The van der Waals surface area contributed by atoms with Crippen LogP contribution in [-0.4, -0.2) is 37.0 Å². The Morgan fingerprint density at radius 2 is 1.85 bits per heavy atom. The smallest absolute Gasteiger partial charge is 0.226 e. The highest BCUT2D eigenvalue weighted by Gasteiger charge is 2.46. The van der Waals surface area contributed by atoms with E-state index in [9.17, 15) is 9.18 Å². The minimum Gasteiger partial charge on any atom is -0.368 e. The van der Waals surface area contributed by atoms with Crippen molar-refractivity contribution in [3.8, 4) is 0 Å². The van der Waals surface area contributed by atoms with Gasteiger partial charge in [-0.05, 0) is 54.6 Å². The summed E-state index contributed by atoms with van der Waals surface area (Å²) in [5, 5.41) is 0.681. The highest BCUT2D eigenvalue weighted by Crippen LogP contribution is 2.48. The molecule has 0 spiro atoms. The highest BCUT2D eigenvalue weighted by atomic mass is 35.5. The first-order valence-corrected chi connectivity index (χ1v) is 9.19. The number of aryl methyl sites for hydroxylation is 1. The first-order valence-electron chi connectivity index (χ1n) is 9.81. The second-order valence-electron chi connectivity index (χ2n) is 6.85. The highest BCUT2D eigenvalue weighted by molar-refractivity contribution is 6.30. The van der Waals surface area contributed by atoms with Gasteiger partial charge in [0, 0.05) is 45.5 Å². The molecule has 5 heteroatoms. The monoisotopic (exact) mass is 374 g/mol. The van der Waals surface area contributed by atoms with Crippen LogP contribution in [0.2, 0.25) is 5.02 Å². The van der Waals surface area contributed by atoms with E-state index in [0.717, 1.165) is 11.3 Å². The molecule has 1 saturated carbocycles. The Balaban J connectivity index is 1.44. The van der Waals surface area contributed by atoms with Crippen molar-refractivity contribution in [3.63, 3.8) is 0 Å². The van der Waals surface area contributed by atoms with Crippen LogP contribution >= 0.6 is 11.6 Å². The molecule has 2 aromatic carbocycles. The van der Waals surface area contributed by atoms with E-state index in [1.165, 1.54) is 24.3 Å². The molecule has 0 unspecified atom stereocenters. The molecular formula is C21H22ClFN2O. The summed E-state index contributed by atoms with van der Waals surface area (Å²) in [4.78, 5) is 16.9. The van der Waals surface area contributed by atoms with Crippen molar-refractivity contribution >= 4 is 23.2 Å². The van der Waals surface area contributed by atoms with Gasteiger partial charge >= 0.3 is 0 Å². The lowest BCUT2D eigenvalue weighted by molar-refractivity contribution is -0.132. The number of amides is 1. The van der Waals surface area contributed by atoms with Gasteiger partial charge in [0.2, 0.25) is 5.91 Å². The van der Waals surface area contributed by atoms with Gasteiger partial charge in [-0.2, -0.15) is 0 Å². The second kappa shape index (κ2) is 6.92. The Bertz CT molecular complexity index is 917. The number of anilines is 1. The summed E-state index contributed by atoms with van der Waals surface area (Å²) in [6, 6.07) is 11.3. The predicted molar refractivity (Wildman–Crippen MR) is 102 cm³/mol. The van der Waals surface area contributed by atoms with E-state index in [-0.39, 0.29) is 18.1 Å². The van der Waals surface area contributed by atoms with Gasteiger partial charge in [0.15, 0.2) is 0 Å². The van der Waals surface area contributed by atoms with Gasteiger partial charge in [0.1, 0.15) is 5.82 Å². The van der Waals surface area contributed by atoms with Crippen molar-refractivity contribution in [2.24, 2.45) is 5.89 Å². The lowest BCUT2D eigenvalue weighted by Gasteiger charge is -2.37. The van der Waals surface area contributed by atoms with Gasteiger partial charge in [0.05, 0.1) is 0 Å². The van der Waals surface area contributed by atoms with Crippen LogP contribution in [0.25, 0.3) is 0 Å². The fourth-order valence-corrected chi connectivity index (χ4v) is 3.70. The number of nitrogens with zero attached hydrogens (tertiary/aromatic N) is 2. The summed E-state index contributed by atoms with van der Waals surface area (Å²) < 4.78 is 30.4. The normalized spacial score (nSPS) is 29.2. The standard InChI is InChI=1S/C21H22ClFN2O/c1-14-2-5-16(22)12-20(14)24-8-10-25(11-9-24)21(26)19-13-18(19)15-3-6-17(23)7-4-15/h2-7,12,18-19H,8-11,13H2,1H3/t18-,19-/m1/s1/i18D,19D. The maximum absolute atomic E-state index is 13.2. The van der Waals surface area contributed by atoms with Crippen molar-refractivity contribution in [1.29, 1.82) is 0 Å². The maximum atomic E-state index is 13.2. The molecule has 1 heterocycles. The van der Waals surface area contributed by atoms with E-state index < -0.39 is 11.8 Å². The van der Waals surface area contributed by atoms with Gasteiger partial charge in [-0.3, -0.25) is 4.79 Å². The molecular weight excluding hydrogens is 351 g/mol. The largest absolute Gasteiger partial charge is 0.368 e. The van der Waals surface area contributed by atoms with Crippen molar-refractivity contribution in [2.45, 2.75) is 19.2 Å². The van der Waals surface area contributed by atoms with Gasteiger partial charge in [-0.25, -0.2) is 4.39 Å². The summed E-state index contributed by atoms with van der Waals surface area (Å²) in [7, 11) is 0. The third kappa shape index (κ3) is 3.43. The molecule has 136 valence electrons. The number of piperazine rings is 1. The summed E-state index contributed by atoms with van der Waals surface area (Å²) >= 11 is 6.12. The van der Waals surface area contributed by atoms with Crippen molar-refractivity contribution in [1.82, 2.24) is 4.90 Å². The van der Waals surface area contributed by atoms with E-state index in [4.69, 9.17) is 14.3 Å². The zero-order valence-corrected chi connectivity index (χ0v) is 15.4. The molecule has 2 aliphatic rings. The van der Waals surface area contributed by atoms with Crippen LogP contribution in [0.5, 0.6) is 0 Å². The lowest BCUT2D eigenvalue weighted by atomic mass is 10.1. The zero-order chi connectivity index (χ0) is 20.1. The summed E-state index contributed by atoms with van der Waals surface area (Å²) in [6.45, 7) is 4.36. The molecule has 2 fully saturated rings. The Morgan fingerprint density at radius 1 is 1.15 bits per heavy atom. The number of benzene rings is 2. The fourth-order valence-electron chi connectivity index (χ4n) is 3.53. The minimum absolute atomic E-state index is 0.137. The van der Waals surface area contributed by atoms with Gasteiger partial charge in [-0.15, -0.1) is 0 Å². The van der Waals surface area contributed by atoms with Crippen LogP contribution in [0.1, 0.15) is 26.2 Å². The number of carbonyl (C=O) groups excluding carboxylic acids is 1. The fraction of sp³-hybridized carbons (Fsp3) is 0.381. The molecule has 3 nitrogen and oxygen atoms in total. The molecule has 2 aromatic rings. The molecule has 0 aromatic heterocycles. The molecule has 2 atom stereocenters. The molecule has 1 amide bonds.